The Balaban J connectivity index is 0.00000300. The lowest BCUT2D eigenvalue weighted by atomic mass is 9.99. The number of likely N-dealkylation sites (tertiary alicyclic amines) is 1. The summed E-state index contributed by atoms with van der Waals surface area (Å²) >= 11 is 0. The number of esters is 1. The van der Waals surface area contributed by atoms with E-state index in [1.165, 1.54) is 18.2 Å². The molecular formula is C21H31IN4O3. The molecule has 29 heavy (non-hydrogen) atoms. The van der Waals surface area contributed by atoms with Gasteiger partial charge in [0.2, 0.25) is 5.91 Å². The molecule has 2 unspecified atom stereocenters. The molecule has 2 aliphatic rings. The van der Waals surface area contributed by atoms with E-state index in [2.05, 4.69) is 27.3 Å². The smallest absolute Gasteiger partial charge is 0.310 e. The van der Waals surface area contributed by atoms with E-state index >= 15 is 0 Å². The number of nitrogens with one attached hydrogen (secondary N) is 1. The summed E-state index contributed by atoms with van der Waals surface area (Å²) in [6.45, 7) is 7.51. The first kappa shape index (κ1) is 23.4. The lowest BCUT2D eigenvalue weighted by Gasteiger charge is -2.28. The number of nitrogens with zero attached hydrogens (tertiary/aromatic N) is 3. The number of guanidine groups is 1. The number of hydrogen-bond donors (Lipinski definition) is 1. The summed E-state index contributed by atoms with van der Waals surface area (Å²) in [4.78, 5) is 33.2. The summed E-state index contributed by atoms with van der Waals surface area (Å²) < 4.78 is 4.91. The van der Waals surface area contributed by atoms with E-state index < -0.39 is 0 Å². The molecule has 1 aromatic carbocycles. The molecule has 2 atom stereocenters. The number of carbonyl (C=O) groups excluding carboxylic acids is 2. The fraction of sp³-hybridized carbons (Fsp3) is 0.571. The second-order valence-corrected chi connectivity index (χ2v) is 7.52. The molecule has 3 rings (SSSR count). The zero-order valence-corrected chi connectivity index (χ0v) is 19.7. The molecule has 0 saturated carbocycles. The maximum absolute atomic E-state index is 12.7. The number of fused-ring (bicyclic) bond motifs is 1. The van der Waals surface area contributed by atoms with Gasteiger partial charge in [0.15, 0.2) is 5.96 Å². The largest absolute Gasteiger partial charge is 0.469 e. The summed E-state index contributed by atoms with van der Waals surface area (Å²) in [6.07, 6.45) is 0.885. The molecule has 1 saturated heterocycles. The molecule has 0 aromatic heterocycles. The predicted octanol–water partition coefficient (Wildman–Crippen LogP) is 1.90. The van der Waals surface area contributed by atoms with E-state index in [0.29, 0.717) is 25.6 Å². The van der Waals surface area contributed by atoms with Crippen molar-refractivity contribution in [3.8, 4) is 0 Å². The molecule has 160 valence electrons. The summed E-state index contributed by atoms with van der Waals surface area (Å²) in [5.74, 6) is 0.552. The number of ether oxygens (including phenoxy) is 1. The standard InChI is InChI=1S/C21H30N4O3.HI/c1-4-22-21(25-12-15(2)18(14-25)20(27)28-3)23-11-19(26)24-10-9-16-7-5-6-8-17(16)13-24;/h5-8,15,18H,4,9-14H2,1-3H3,(H,22,23);1H. The summed E-state index contributed by atoms with van der Waals surface area (Å²) in [6, 6.07) is 8.27. The molecule has 2 aliphatic heterocycles. The molecule has 1 aromatic rings. The monoisotopic (exact) mass is 514 g/mol. The molecule has 1 amide bonds. The van der Waals surface area contributed by atoms with Gasteiger partial charge in [-0.3, -0.25) is 9.59 Å². The lowest BCUT2D eigenvalue weighted by molar-refractivity contribution is -0.146. The van der Waals surface area contributed by atoms with Gasteiger partial charge in [-0.1, -0.05) is 31.2 Å². The fourth-order valence-corrected chi connectivity index (χ4v) is 3.97. The minimum absolute atomic E-state index is 0. The SMILES string of the molecule is CCNC(=NCC(=O)N1CCc2ccccc2C1)N1CC(C)C(C(=O)OC)C1.I. The van der Waals surface area contributed by atoms with Gasteiger partial charge in [-0.2, -0.15) is 0 Å². The summed E-state index contributed by atoms with van der Waals surface area (Å²) in [5, 5.41) is 3.25. The topological polar surface area (TPSA) is 74.2 Å². The Morgan fingerprint density at radius 3 is 2.62 bits per heavy atom. The average Bonchev–Trinajstić information content (AvgIpc) is 3.11. The average molecular weight is 514 g/mol. The van der Waals surface area contributed by atoms with Crippen LogP contribution in [-0.4, -0.2) is 67.5 Å². The van der Waals surface area contributed by atoms with Crippen LogP contribution in [0, 0.1) is 11.8 Å². The number of amides is 1. The molecule has 0 bridgehead atoms. The predicted molar refractivity (Wildman–Crippen MR) is 123 cm³/mol. The minimum Gasteiger partial charge on any atom is -0.469 e. The second kappa shape index (κ2) is 10.8. The quantitative estimate of drug-likeness (QED) is 0.288. The van der Waals surface area contributed by atoms with Crippen LogP contribution in [0.2, 0.25) is 0 Å². The molecule has 0 spiro atoms. The van der Waals surface area contributed by atoms with Gasteiger partial charge >= 0.3 is 5.97 Å². The molecule has 0 radical (unpaired) electrons. The first-order valence-corrected chi connectivity index (χ1v) is 9.99. The molecule has 7 nitrogen and oxygen atoms in total. The van der Waals surface area contributed by atoms with Crippen LogP contribution in [0.3, 0.4) is 0 Å². The number of hydrogen-bond acceptors (Lipinski definition) is 4. The van der Waals surface area contributed by atoms with Crippen LogP contribution in [0.1, 0.15) is 25.0 Å². The van der Waals surface area contributed by atoms with Gasteiger partial charge in [-0.05, 0) is 30.4 Å². The Morgan fingerprint density at radius 1 is 1.21 bits per heavy atom. The Labute approximate surface area is 189 Å². The van der Waals surface area contributed by atoms with E-state index in [9.17, 15) is 9.59 Å². The normalized spacial score (nSPS) is 21.3. The van der Waals surface area contributed by atoms with Crippen molar-refractivity contribution >= 4 is 41.8 Å². The number of rotatable bonds is 4. The highest BCUT2D eigenvalue weighted by Gasteiger charge is 2.37. The third kappa shape index (κ3) is 5.61. The summed E-state index contributed by atoms with van der Waals surface area (Å²) in [5.41, 5.74) is 2.54. The third-order valence-corrected chi connectivity index (χ3v) is 5.60. The van der Waals surface area contributed by atoms with Gasteiger partial charge in [0.25, 0.3) is 0 Å². The Kier molecular flexibility index (Phi) is 8.73. The van der Waals surface area contributed by atoms with E-state index in [-0.39, 0.29) is 54.2 Å². The van der Waals surface area contributed by atoms with Gasteiger partial charge in [0, 0.05) is 32.7 Å². The van der Waals surface area contributed by atoms with Crippen molar-refractivity contribution in [3.05, 3.63) is 35.4 Å². The van der Waals surface area contributed by atoms with Crippen molar-refractivity contribution in [3.63, 3.8) is 0 Å². The number of methoxy groups -OCH3 is 1. The molecule has 0 aliphatic carbocycles. The highest BCUT2D eigenvalue weighted by atomic mass is 127. The summed E-state index contributed by atoms with van der Waals surface area (Å²) in [7, 11) is 1.42. The zero-order chi connectivity index (χ0) is 20.1. The molecule has 1 fully saturated rings. The molecule has 1 N–H and O–H groups in total. The molecule has 2 heterocycles. The van der Waals surface area contributed by atoms with Gasteiger partial charge in [0.05, 0.1) is 13.0 Å². The van der Waals surface area contributed by atoms with E-state index in [1.807, 2.05) is 30.9 Å². The third-order valence-electron chi connectivity index (χ3n) is 5.60. The zero-order valence-electron chi connectivity index (χ0n) is 17.4. The van der Waals surface area contributed by atoms with Crippen LogP contribution in [0.4, 0.5) is 0 Å². The molecule has 8 heteroatoms. The first-order valence-electron chi connectivity index (χ1n) is 9.99. The van der Waals surface area contributed by atoms with Gasteiger partial charge < -0.3 is 19.9 Å². The number of aliphatic imine (C=N–C) groups is 1. The Morgan fingerprint density at radius 2 is 1.93 bits per heavy atom. The second-order valence-electron chi connectivity index (χ2n) is 7.52. The maximum atomic E-state index is 12.7. The van der Waals surface area contributed by atoms with Crippen molar-refractivity contribution in [1.82, 2.24) is 15.1 Å². The number of halogens is 1. The van der Waals surface area contributed by atoms with Crippen LogP contribution in [-0.2, 0) is 27.3 Å². The van der Waals surface area contributed by atoms with E-state index in [0.717, 1.165) is 19.5 Å². The Hall–Kier alpha value is -1.84. The maximum Gasteiger partial charge on any atom is 0.310 e. The van der Waals surface area contributed by atoms with Crippen LogP contribution >= 0.6 is 24.0 Å². The van der Waals surface area contributed by atoms with Crippen molar-refractivity contribution in [2.45, 2.75) is 26.8 Å². The number of benzene rings is 1. The van der Waals surface area contributed by atoms with Crippen LogP contribution in [0.25, 0.3) is 0 Å². The lowest BCUT2D eigenvalue weighted by Crippen LogP contribution is -2.42. The van der Waals surface area contributed by atoms with Crippen molar-refractivity contribution in [2.75, 3.05) is 39.8 Å². The van der Waals surface area contributed by atoms with E-state index in [4.69, 9.17) is 4.74 Å². The van der Waals surface area contributed by atoms with Gasteiger partial charge in [0.1, 0.15) is 6.54 Å². The fourth-order valence-electron chi connectivity index (χ4n) is 3.97. The van der Waals surface area contributed by atoms with Gasteiger partial charge in [-0.25, -0.2) is 4.99 Å². The van der Waals surface area contributed by atoms with E-state index in [1.54, 1.807) is 0 Å². The van der Waals surface area contributed by atoms with Gasteiger partial charge in [-0.15, -0.1) is 24.0 Å². The Bertz CT molecular complexity index is 755. The van der Waals surface area contributed by atoms with Crippen LogP contribution in [0.15, 0.2) is 29.3 Å². The number of carbonyl (C=O) groups is 2. The molecular weight excluding hydrogens is 483 g/mol. The van der Waals surface area contributed by atoms with Crippen LogP contribution < -0.4 is 5.32 Å². The van der Waals surface area contributed by atoms with Crippen molar-refractivity contribution in [2.24, 2.45) is 16.8 Å². The van der Waals surface area contributed by atoms with Crippen molar-refractivity contribution < 1.29 is 14.3 Å². The highest BCUT2D eigenvalue weighted by Crippen LogP contribution is 2.24. The highest BCUT2D eigenvalue weighted by molar-refractivity contribution is 14.0. The minimum atomic E-state index is -0.186. The van der Waals surface area contributed by atoms with Crippen LogP contribution in [0.5, 0.6) is 0 Å². The first-order chi connectivity index (χ1) is 13.5. The van der Waals surface area contributed by atoms with Crippen molar-refractivity contribution in [1.29, 1.82) is 0 Å².